The molecule has 0 radical (unpaired) electrons. The van der Waals surface area contributed by atoms with Gasteiger partial charge in [-0.05, 0) is 6.42 Å². The minimum absolute atomic E-state index is 0.156. The lowest BCUT2D eigenvalue weighted by molar-refractivity contribution is 0.398. The highest BCUT2D eigenvalue weighted by molar-refractivity contribution is 7.84. The van der Waals surface area contributed by atoms with E-state index in [1.54, 1.807) is 12.3 Å². The Morgan fingerprint density at radius 2 is 2.29 bits per heavy atom. The van der Waals surface area contributed by atoms with Crippen LogP contribution in [0, 0.1) is 0 Å². The number of nitrogen functional groups attached to an aromatic ring is 1. The second-order valence-electron chi connectivity index (χ2n) is 3.68. The van der Waals surface area contributed by atoms with Gasteiger partial charge in [0.2, 0.25) is 11.8 Å². The summed E-state index contributed by atoms with van der Waals surface area (Å²) in [6, 6.07) is 1.67. The Kier molecular flexibility index (Phi) is 5.14. The van der Waals surface area contributed by atoms with Crippen LogP contribution in [-0.2, 0) is 10.8 Å². The summed E-state index contributed by atoms with van der Waals surface area (Å²) in [5, 5.41) is 3.26. The van der Waals surface area contributed by atoms with Crippen LogP contribution < -0.4 is 15.8 Å². The number of aromatic nitrogens is 2. The molecule has 0 bridgehead atoms. The molecule has 17 heavy (non-hydrogen) atoms. The van der Waals surface area contributed by atoms with Crippen molar-refractivity contribution < 1.29 is 8.95 Å². The van der Waals surface area contributed by atoms with E-state index < -0.39 is 10.8 Å². The van der Waals surface area contributed by atoms with Crippen LogP contribution in [0.3, 0.4) is 0 Å². The molecule has 0 aromatic carbocycles. The van der Waals surface area contributed by atoms with Gasteiger partial charge in [0.1, 0.15) is 5.82 Å². The molecular weight excluding hydrogens is 240 g/mol. The molecule has 2 unspecified atom stereocenters. The molecule has 96 valence electrons. The number of ether oxygens (including phenoxy) is 1. The summed E-state index contributed by atoms with van der Waals surface area (Å²) in [6.07, 6.45) is 2.51. The third kappa shape index (κ3) is 4.56. The molecule has 0 spiro atoms. The summed E-state index contributed by atoms with van der Waals surface area (Å²) in [4.78, 5) is 7.90. The van der Waals surface area contributed by atoms with Crippen molar-refractivity contribution in [1.82, 2.24) is 9.97 Å². The fourth-order valence-electron chi connectivity index (χ4n) is 1.21. The Morgan fingerprint density at radius 3 is 2.88 bits per heavy atom. The van der Waals surface area contributed by atoms with Gasteiger partial charge < -0.3 is 15.8 Å². The van der Waals surface area contributed by atoms with Gasteiger partial charge in [-0.1, -0.05) is 6.92 Å². The molecule has 3 N–H and O–H groups in total. The van der Waals surface area contributed by atoms with Crippen molar-refractivity contribution in [3.63, 3.8) is 0 Å². The van der Waals surface area contributed by atoms with Gasteiger partial charge >= 0.3 is 0 Å². The van der Waals surface area contributed by atoms with E-state index in [-0.39, 0.29) is 11.2 Å². The molecule has 0 aliphatic heterocycles. The summed E-state index contributed by atoms with van der Waals surface area (Å²) in [5.74, 6) is 1.20. The molecule has 0 saturated carbocycles. The summed E-state index contributed by atoms with van der Waals surface area (Å²) in [6.45, 7) is 2.63. The number of anilines is 2. The maximum Gasteiger partial charge on any atom is 0.225 e. The normalized spacial score (nSPS) is 14.1. The zero-order chi connectivity index (χ0) is 12.8. The average Bonchev–Trinajstić information content (AvgIpc) is 2.27. The maximum atomic E-state index is 11.2. The lowest BCUT2D eigenvalue weighted by Gasteiger charge is -2.10. The van der Waals surface area contributed by atoms with E-state index in [1.165, 1.54) is 7.11 Å². The van der Waals surface area contributed by atoms with E-state index in [2.05, 4.69) is 15.3 Å². The molecule has 6 nitrogen and oxygen atoms in total. The van der Waals surface area contributed by atoms with Crippen LogP contribution in [0.4, 0.5) is 11.8 Å². The zero-order valence-electron chi connectivity index (χ0n) is 10.3. The molecule has 7 heteroatoms. The van der Waals surface area contributed by atoms with Gasteiger partial charge in [-0.25, -0.2) is 0 Å². The van der Waals surface area contributed by atoms with Crippen LogP contribution in [0.15, 0.2) is 6.07 Å². The lowest BCUT2D eigenvalue weighted by atomic mass is 10.3. The van der Waals surface area contributed by atoms with E-state index in [1.807, 2.05) is 6.92 Å². The van der Waals surface area contributed by atoms with Crippen LogP contribution in [0.1, 0.15) is 13.3 Å². The van der Waals surface area contributed by atoms with Crippen molar-refractivity contribution in [3.8, 4) is 5.88 Å². The average molecular weight is 258 g/mol. The first-order valence-corrected chi connectivity index (χ1v) is 6.89. The Balaban J connectivity index is 2.51. The topological polar surface area (TPSA) is 90.1 Å². The van der Waals surface area contributed by atoms with Gasteiger partial charge in [-0.15, -0.1) is 0 Å². The van der Waals surface area contributed by atoms with E-state index in [4.69, 9.17) is 10.5 Å². The van der Waals surface area contributed by atoms with Crippen molar-refractivity contribution in [2.75, 3.05) is 31.0 Å². The number of nitrogens with two attached hydrogens (primary N) is 1. The molecule has 1 rings (SSSR count). The number of nitrogens with zero attached hydrogens (tertiary/aromatic N) is 2. The van der Waals surface area contributed by atoms with E-state index in [0.29, 0.717) is 18.2 Å². The van der Waals surface area contributed by atoms with Gasteiger partial charge in [0.25, 0.3) is 0 Å². The van der Waals surface area contributed by atoms with Gasteiger partial charge in [-0.2, -0.15) is 9.97 Å². The van der Waals surface area contributed by atoms with Crippen LogP contribution in [-0.4, -0.2) is 39.3 Å². The van der Waals surface area contributed by atoms with E-state index >= 15 is 0 Å². The van der Waals surface area contributed by atoms with Gasteiger partial charge in [-0.3, -0.25) is 4.21 Å². The second kappa shape index (κ2) is 6.39. The summed E-state index contributed by atoms with van der Waals surface area (Å²) < 4.78 is 16.1. The minimum atomic E-state index is -0.801. The number of methoxy groups -OCH3 is 1. The summed E-state index contributed by atoms with van der Waals surface area (Å²) >= 11 is 0. The van der Waals surface area contributed by atoms with Crippen LogP contribution in [0.25, 0.3) is 0 Å². The van der Waals surface area contributed by atoms with E-state index in [9.17, 15) is 4.21 Å². The van der Waals surface area contributed by atoms with Gasteiger partial charge in [0, 0.05) is 34.9 Å². The molecule has 1 heterocycles. The molecule has 0 saturated heterocycles. The Bertz CT molecular complexity index is 400. The largest absolute Gasteiger partial charge is 0.481 e. The third-order valence-electron chi connectivity index (χ3n) is 2.35. The number of rotatable bonds is 6. The van der Waals surface area contributed by atoms with Crippen molar-refractivity contribution in [1.29, 1.82) is 0 Å². The molecule has 0 aliphatic carbocycles. The summed E-state index contributed by atoms with van der Waals surface area (Å²) in [5.41, 5.74) is 5.52. The highest BCUT2D eigenvalue weighted by atomic mass is 32.2. The first kappa shape index (κ1) is 13.7. The fraction of sp³-hybridized carbons (Fsp3) is 0.600. The predicted molar refractivity (Wildman–Crippen MR) is 69.6 cm³/mol. The van der Waals surface area contributed by atoms with E-state index in [0.717, 1.165) is 6.42 Å². The minimum Gasteiger partial charge on any atom is -0.481 e. The van der Waals surface area contributed by atoms with Crippen LogP contribution >= 0.6 is 0 Å². The van der Waals surface area contributed by atoms with Crippen molar-refractivity contribution >= 4 is 22.6 Å². The van der Waals surface area contributed by atoms with Gasteiger partial charge in [0.15, 0.2) is 0 Å². The second-order valence-corrected chi connectivity index (χ2v) is 5.48. The third-order valence-corrected chi connectivity index (χ3v) is 3.72. The maximum absolute atomic E-state index is 11.2. The predicted octanol–water partition coefficient (Wildman–Crippen LogP) is 0.636. The lowest BCUT2D eigenvalue weighted by Crippen LogP contribution is -2.15. The highest BCUT2D eigenvalue weighted by Gasteiger charge is 2.06. The fourth-order valence-corrected chi connectivity index (χ4v) is 1.66. The molecule has 0 fully saturated rings. The van der Waals surface area contributed by atoms with Gasteiger partial charge in [0.05, 0.1) is 7.11 Å². The Morgan fingerprint density at radius 1 is 1.59 bits per heavy atom. The first-order chi connectivity index (χ1) is 8.02. The number of hydrogen-bond donors (Lipinski definition) is 2. The summed E-state index contributed by atoms with van der Waals surface area (Å²) in [7, 11) is 0.721. The van der Waals surface area contributed by atoms with Crippen molar-refractivity contribution in [3.05, 3.63) is 6.07 Å². The molecular formula is C10H18N4O2S. The quantitative estimate of drug-likeness (QED) is 0.778. The first-order valence-electron chi connectivity index (χ1n) is 5.27. The molecule has 0 aliphatic rings. The Hall–Kier alpha value is -1.37. The zero-order valence-corrected chi connectivity index (χ0v) is 11.1. The molecule has 0 amide bonds. The highest BCUT2D eigenvalue weighted by Crippen LogP contribution is 2.14. The van der Waals surface area contributed by atoms with Crippen LogP contribution in [0.2, 0.25) is 0 Å². The SMILES string of the molecule is COc1cc(NCCC(C)S(C)=O)nc(N)n1. The number of nitrogens with one attached hydrogen (secondary N) is 1. The standard InChI is InChI=1S/C10H18N4O2S/c1-7(17(3)15)4-5-12-8-6-9(16-2)14-10(11)13-8/h6-7H,4-5H2,1-3H3,(H3,11,12,13,14). The van der Waals surface area contributed by atoms with Crippen LogP contribution in [0.5, 0.6) is 5.88 Å². The van der Waals surface area contributed by atoms with Crippen molar-refractivity contribution in [2.45, 2.75) is 18.6 Å². The molecule has 2 atom stereocenters. The monoisotopic (exact) mass is 258 g/mol. The number of hydrogen-bond acceptors (Lipinski definition) is 6. The Labute approximate surface area is 103 Å². The molecule has 1 aromatic heterocycles. The van der Waals surface area contributed by atoms with Crippen molar-refractivity contribution in [2.24, 2.45) is 0 Å². The molecule has 1 aromatic rings. The smallest absolute Gasteiger partial charge is 0.225 e.